The van der Waals surface area contributed by atoms with Gasteiger partial charge in [-0.2, -0.15) is 0 Å². The first kappa shape index (κ1) is 13.9. The molecule has 1 unspecified atom stereocenters. The van der Waals surface area contributed by atoms with E-state index in [2.05, 4.69) is 0 Å². The highest BCUT2D eigenvalue weighted by atomic mass is 16.2. The number of rotatable bonds is 5. The van der Waals surface area contributed by atoms with E-state index in [0.29, 0.717) is 6.42 Å². The molecule has 0 aliphatic heterocycles. The molecule has 0 spiro atoms. The zero-order valence-corrected chi connectivity index (χ0v) is 9.99. The van der Waals surface area contributed by atoms with Gasteiger partial charge in [0.05, 0.1) is 6.54 Å². The normalized spacial score (nSPS) is 12.1. The molecular formula is C10H21N3O2. The van der Waals surface area contributed by atoms with Gasteiger partial charge in [0.2, 0.25) is 11.8 Å². The first-order chi connectivity index (χ1) is 6.88. The molecule has 0 aromatic heterocycles. The topological polar surface area (TPSA) is 66.6 Å². The van der Waals surface area contributed by atoms with E-state index < -0.39 is 0 Å². The highest BCUT2D eigenvalue weighted by Crippen LogP contribution is 1.98. The van der Waals surface area contributed by atoms with Crippen LogP contribution in [0.4, 0.5) is 0 Å². The van der Waals surface area contributed by atoms with Crippen molar-refractivity contribution < 1.29 is 9.59 Å². The number of carbonyl (C=O) groups excluding carboxylic acids is 2. The molecule has 2 N–H and O–H groups in total. The van der Waals surface area contributed by atoms with Crippen LogP contribution >= 0.6 is 0 Å². The van der Waals surface area contributed by atoms with E-state index in [1.807, 2.05) is 6.92 Å². The minimum atomic E-state index is -0.116. The van der Waals surface area contributed by atoms with Crippen LogP contribution in [-0.2, 0) is 9.59 Å². The lowest BCUT2D eigenvalue weighted by molar-refractivity contribution is -0.138. The number of hydrogen-bond acceptors (Lipinski definition) is 3. The van der Waals surface area contributed by atoms with Gasteiger partial charge in [-0.25, -0.2) is 0 Å². The van der Waals surface area contributed by atoms with E-state index in [-0.39, 0.29) is 24.4 Å². The second kappa shape index (κ2) is 6.40. The molecular weight excluding hydrogens is 194 g/mol. The van der Waals surface area contributed by atoms with Gasteiger partial charge in [-0.15, -0.1) is 0 Å². The summed E-state index contributed by atoms with van der Waals surface area (Å²) >= 11 is 0. The summed E-state index contributed by atoms with van der Waals surface area (Å²) < 4.78 is 0. The fourth-order valence-corrected chi connectivity index (χ4v) is 0.957. The van der Waals surface area contributed by atoms with Gasteiger partial charge in [0.1, 0.15) is 0 Å². The van der Waals surface area contributed by atoms with Gasteiger partial charge >= 0.3 is 0 Å². The summed E-state index contributed by atoms with van der Waals surface area (Å²) in [6, 6.07) is -0.116. The van der Waals surface area contributed by atoms with E-state index in [0.717, 1.165) is 6.42 Å². The Bertz CT molecular complexity index is 229. The number of nitrogens with two attached hydrogens (primary N) is 1. The maximum absolute atomic E-state index is 11.5. The first-order valence-corrected chi connectivity index (χ1v) is 5.08. The molecule has 0 aliphatic carbocycles. The van der Waals surface area contributed by atoms with E-state index in [4.69, 9.17) is 5.73 Å². The van der Waals surface area contributed by atoms with Gasteiger partial charge in [0.15, 0.2) is 0 Å². The van der Waals surface area contributed by atoms with Crippen molar-refractivity contribution in [2.24, 2.45) is 5.73 Å². The third-order valence-corrected chi connectivity index (χ3v) is 2.26. The lowest BCUT2D eigenvalue weighted by Crippen LogP contribution is -2.39. The van der Waals surface area contributed by atoms with E-state index in [9.17, 15) is 9.59 Å². The Labute approximate surface area is 91.2 Å². The Hall–Kier alpha value is -1.10. The minimum absolute atomic E-state index is 0.0837. The Balaban J connectivity index is 4.04. The van der Waals surface area contributed by atoms with Gasteiger partial charge in [0, 0.05) is 33.6 Å². The Morgan fingerprint density at radius 3 is 2.13 bits per heavy atom. The molecule has 2 amide bonds. The predicted molar refractivity (Wildman–Crippen MR) is 59.2 cm³/mol. The molecule has 88 valence electrons. The largest absolute Gasteiger partial charge is 0.347 e. The van der Waals surface area contributed by atoms with Crippen molar-refractivity contribution >= 4 is 11.8 Å². The van der Waals surface area contributed by atoms with Gasteiger partial charge in [-0.05, 0) is 6.42 Å². The maximum atomic E-state index is 11.5. The number of hydrogen-bond donors (Lipinski definition) is 1. The van der Waals surface area contributed by atoms with Gasteiger partial charge < -0.3 is 15.5 Å². The zero-order chi connectivity index (χ0) is 12.0. The molecule has 0 saturated carbocycles. The summed E-state index contributed by atoms with van der Waals surface area (Å²) in [6.07, 6.45) is 1.06. The highest BCUT2D eigenvalue weighted by molar-refractivity contribution is 5.84. The molecule has 15 heavy (non-hydrogen) atoms. The Morgan fingerprint density at radius 1 is 1.20 bits per heavy atom. The minimum Gasteiger partial charge on any atom is -0.347 e. The monoisotopic (exact) mass is 215 g/mol. The lowest BCUT2D eigenvalue weighted by Gasteiger charge is -2.20. The molecule has 1 atom stereocenters. The smallest absolute Gasteiger partial charge is 0.241 e. The number of likely N-dealkylation sites (N-methyl/N-ethyl adjacent to an activating group) is 2. The predicted octanol–water partition coefficient (Wildman–Crippen LogP) is -0.340. The maximum Gasteiger partial charge on any atom is 0.241 e. The van der Waals surface area contributed by atoms with Crippen molar-refractivity contribution in [3.8, 4) is 0 Å². The second-order valence-corrected chi connectivity index (χ2v) is 3.91. The molecule has 0 aliphatic rings. The molecule has 0 fully saturated rings. The van der Waals surface area contributed by atoms with E-state index >= 15 is 0 Å². The SMILES string of the molecule is CCC(N)CC(=O)N(C)CC(=O)N(C)C. The molecule has 0 rings (SSSR count). The standard InChI is InChI=1S/C10H21N3O2/c1-5-8(11)6-9(14)13(4)7-10(15)12(2)3/h8H,5-7,11H2,1-4H3. The van der Waals surface area contributed by atoms with Gasteiger partial charge in [-0.1, -0.05) is 6.92 Å². The Kier molecular flexibility index (Phi) is 5.93. The van der Waals surface area contributed by atoms with E-state index in [1.54, 1.807) is 21.1 Å². The van der Waals surface area contributed by atoms with Crippen molar-refractivity contribution in [3.63, 3.8) is 0 Å². The molecule has 0 aromatic rings. The fourth-order valence-electron chi connectivity index (χ4n) is 0.957. The number of amides is 2. The number of nitrogens with zero attached hydrogens (tertiary/aromatic N) is 2. The summed E-state index contributed by atoms with van der Waals surface area (Å²) in [5.74, 6) is -0.171. The molecule has 5 nitrogen and oxygen atoms in total. The molecule has 0 saturated heterocycles. The molecule has 0 radical (unpaired) electrons. The third-order valence-electron chi connectivity index (χ3n) is 2.26. The fraction of sp³-hybridized carbons (Fsp3) is 0.800. The Morgan fingerprint density at radius 2 is 1.73 bits per heavy atom. The summed E-state index contributed by atoms with van der Waals surface area (Å²) in [4.78, 5) is 25.7. The van der Waals surface area contributed by atoms with Crippen LogP contribution in [0.25, 0.3) is 0 Å². The molecule has 0 bridgehead atoms. The summed E-state index contributed by atoms with van der Waals surface area (Å²) in [6.45, 7) is 2.05. The zero-order valence-electron chi connectivity index (χ0n) is 9.99. The average Bonchev–Trinajstić information content (AvgIpc) is 2.16. The first-order valence-electron chi connectivity index (χ1n) is 5.08. The molecule has 0 aromatic carbocycles. The van der Waals surface area contributed by atoms with Crippen molar-refractivity contribution in [1.29, 1.82) is 0 Å². The van der Waals surface area contributed by atoms with Gasteiger partial charge in [-0.3, -0.25) is 9.59 Å². The summed E-state index contributed by atoms with van der Waals surface area (Å²) in [5, 5.41) is 0. The summed E-state index contributed by atoms with van der Waals surface area (Å²) in [7, 11) is 4.95. The van der Waals surface area contributed by atoms with Crippen molar-refractivity contribution in [1.82, 2.24) is 9.80 Å². The van der Waals surface area contributed by atoms with Crippen LogP contribution < -0.4 is 5.73 Å². The van der Waals surface area contributed by atoms with Crippen LogP contribution in [0.1, 0.15) is 19.8 Å². The van der Waals surface area contributed by atoms with Crippen LogP contribution in [0.5, 0.6) is 0 Å². The van der Waals surface area contributed by atoms with Crippen molar-refractivity contribution in [2.75, 3.05) is 27.7 Å². The van der Waals surface area contributed by atoms with Gasteiger partial charge in [0.25, 0.3) is 0 Å². The van der Waals surface area contributed by atoms with Crippen molar-refractivity contribution in [2.45, 2.75) is 25.8 Å². The number of carbonyl (C=O) groups is 2. The third kappa shape index (κ3) is 5.37. The quantitative estimate of drug-likeness (QED) is 0.682. The average molecular weight is 215 g/mol. The van der Waals surface area contributed by atoms with Crippen molar-refractivity contribution in [3.05, 3.63) is 0 Å². The van der Waals surface area contributed by atoms with E-state index in [1.165, 1.54) is 9.80 Å². The van der Waals surface area contributed by atoms with Crippen LogP contribution in [0.3, 0.4) is 0 Å². The molecule has 0 heterocycles. The van der Waals surface area contributed by atoms with Crippen LogP contribution in [0, 0.1) is 0 Å². The second-order valence-electron chi connectivity index (χ2n) is 3.91. The van der Waals surface area contributed by atoms with Crippen LogP contribution in [0.15, 0.2) is 0 Å². The highest BCUT2D eigenvalue weighted by Gasteiger charge is 2.15. The lowest BCUT2D eigenvalue weighted by atomic mass is 10.1. The van der Waals surface area contributed by atoms with Crippen LogP contribution in [0.2, 0.25) is 0 Å². The summed E-state index contributed by atoms with van der Waals surface area (Å²) in [5.41, 5.74) is 5.66. The molecule has 5 heteroatoms. The van der Waals surface area contributed by atoms with Crippen LogP contribution in [-0.4, -0.2) is 55.3 Å².